The topological polar surface area (TPSA) is 60.2 Å². The molecule has 0 aliphatic carbocycles. The van der Waals surface area contributed by atoms with Crippen LogP contribution in [0.5, 0.6) is 0 Å². The van der Waals surface area contributed by atoms with Crippen molar-refractivity contribution < 1.29 is 9.26 Å². The fourth-order valence-electron chi connectivity index (χ4n) is 1.59. The molecule has 2 heterocycles. The van der Waals surface area contributed by atoms with Crippen LogP contribution in [0.1, 0.15) is 18.7 Å². The summed E-state index contributed by atoms with van der Waals surface area (Å²) in [7, 11) is 0. The van der Waals surface area contributed by atoms with Crippen molar-refractivity contribution in [2.75, 3.05) is 19.8 Å². The fraction of sp³-hybridized carbons (Fsp3) is 0.778. The third kappa shape index (κ3) is 2.78. The SMILES string of the molecule is c1nc(CCNC2CCCOC2)no1. The van der Waals surface area contributed by atoms with Gasteiger partial charge < -0.3 is 14.6 Å². The molecule has 0 amide bonds. The number of aromatic nitrogens is 2. The summed E-state index contributed by atoms with van der Waals surface area (Å²) in [6.07, 6.45) is 4.53. The van der Waals surface area contributed by atoms with E-state index in [0.29, 0.717) is 6.04 Å². The van der Waals surface area contributed by atoms with E-state index in [1.807, 2.05) is 0 Å². The normalized spacial score (nSPS) is 22.4. The quantitative estimate of drug-likeness (QED) is 0.756. The smallest absolute Gasteiger partial charge is 0.213 e. The molecule has 2 rings (SSSR count). The highest BCUT2D eigenvalue weighted by atomic mass is 16.5. The lowest BCUT2D eigenvalue weighted by molar-refractivity contribution is 0.0706. The minimum atomic E-state index is 0.496. The Morgan fingerprint density at radius 2 is 2.57 bits per heavy atom. The van der Waals surface area contributed by atoms with E-state index in [1.54, 1.807) is 0 Å². The Kier molecular flexibility index (Phi) is 3.48. The summed E-state index contributed by atoms with van der Waals surface area (Å²) >= 11 is 0. The third-order valence-electron chi connectivity index (χ3n) is 2.35. The first-order valence-corrected chi connectivity index (χ1v) is 5.01. The molecular weight excluding hydrogens is 182 g/mol. The molecule has 1 atom stereocenters. The van der Waals surface area contributed by atoms with E-state index in [9.17, 15) is 0 Å². The molecule has 1 aliphatic rings. The van der Waals surface area contributed by atoms with Gasteiger partial charge in [0.2, 0.25) is 6.39 Å². The highest BCUT2D eigenvalue weighted by Gasteiger charge is 2.12. The summed E-state index contributed by atoms with van der Waals surface area (Å²) in [5.41, 5.74) is 0. The number of ether oxygens (including phenoxy) is 1. The van der Waals surface area contributed by atoms with Crippen LogP contribution in [0.15, 0.2) is 10.9 Å². The molecule has 14 heavy (non-hydrogen) atoms. The zero-order chi connectivity index (χ0) is 9.64. The molecule has 1 aromatic heterocycles. The van der Waals surface area contributed by atoms with Crippen molar-refractivity contribution in [3.8, 4) is 0 Å². The Bertz CT molecular complexity index is 245. The van der Waals surface area contributed by atoms with Crippen molar-refractivity contribution in [2.45, 2.75) is 25.3 Å². The monoisotopic (exact) mass is 197 g/mol. The van der Waals surface area contributed by atoms with Crippen molar-refractivity contribution in [3.63, 3.8) is 0 Å². The van der Waals surface area contributed by atoms with Gasteiger partial charge in [-0.15, -0.1) is 0 Å². The maximum atomic E-state index is 5.36. The van der Waals surface area contributed by atoms with Crippen LogP contribution in [0.25, 0.3) is 0 Å². The zero-order valence-electron chi connectivity index (χ0n) is 8.11. The number of hydrogen-bond donors (Lipinski definition) is 1. The summed E-state index contributed by atoms with van der Waals surface area (Å²) < 4.78 is 10.0. The lowest BCUT2D eigenvalue weighted by atomic mass is 10.1. The van der Waals surface area contributed by atoms with E-state index in [4.69, 9.17) is 4.74 Å². The molecule has 1 aromatic rings. The number of hydrogen-bond acceptors (Lipinski definition) is 5. The molecule has 0 bridgehead atoms. The van der Waals surface area contributed by atoms with Crippen LogP contribution in [0, 0.1) is 0 Å². The molecule has 1 unspecified atom stereocenters. The largest absolute Gasteiger partial charge is 0.380 e. The van der Waals surface area contributed by atoms with Crippen LogP contribution in [0.4, 0.5) is 0 Å². The molecule has 0 saturated carbocycles. The Morgan fingerprint density at radius 1 is 1.57 bits per heavy atom. The van der Waals surface area contributed by atoms with Gasteiger partial charge in [-0.1, -0.05) is 5.16 Å². The molecule has 0 aromatic carbocycles. The minimum absolute atomic E-state index is 0.496. The maximum Gasteiger partial charge on any atom is 0.213 e. The molecule has 5 heteroatoms. The highest BCUT2D eigenvalue weighted by molar-refractivity contribution is 4.80. The number of rotatable bonds is 4. The van der Waals surface area contributed by atoms with Crippen molar-refractivity contribution in [1.82, 2.24) is 15.5 Å². The van der Waals surface area contributed by atoms with Gasteiger partial charge in [-0.3, -0.25) is 0 Å². The van der Waals surface area contributed by atoms with Gasteiger partial charge in [-0.25, -0.2) is 0 Å². The second kappa shape index (κ2) is 5.07. The maximum absolute atomic E-state index is 5.36. The average molecular weight is 197 g/mol. The molecular formula is C9H15N3O2. The Labute approximate surface area is 82.8 Å². The summed E-state index contributed by atoms with van der Waals surface area (Å²) in [5.74, 6) is 0.759. The van der Waals surface area contributed by atoms with Crippen LogP contribution in [-0.4, -0.2) is 35.9 Å². The molecule has 0 spiro atoms. The van der Waals surface area contributed by atoms with Crippen LogP contribution < -0.4 is 5.32 Å². The van der Waals surface area contributed by atoms with Gasteiger partial charge in [0.15, 0.2) is 5.82 Å². The molecule has 5 nitrogen and oxygen atoms in total. The molecule has 78 valence electrons. The predicted octanol–water partition coefficient (Wildman–Crippen LogP) is 0.381. The van der Waals surface area contributed by atoms with Crippen LogP contribution in [0.3, 0.4) is 0 Å². The average Bonchev–Trinajstić information content (AvgIpc) is 2.72. The molecule has 0 radical (unpaired) electrons. The lowest BCUT2D eigenvalue weighted by Gasteiger charge is -2.22. The lowest BCUT2D eigenvalue weighted by Crippen LogP contribution is -2.37. The van der Waals surface area contributed by atoms with Gasteiger partial charge in [0, 0.05) is 25.6 Å². The van der Waals surface area contributed by atoms with E-state index in [0.717, 1.165) is 38.4 Å². The summed E-state index contributed by atoms with van der Waals surface area (Å²) in [6.45, 7) is 2.61. The van der Waals surface area contributed by atoms with Crippen molar-refractivity contribution >= 4 is 0 Å². The summed E-state index contributed by atoms with van der Waals surface area (Å²) in [4.78, 5) is 3.95. The van der Waals surface area contributed by atoms with Crippen molar-refractivity contribution in [2.24, 2.45) is 0 Å². The van der Waals surface area contributed by atoms with Gasteiger partial charge in [-0.2, -0.15) is 4.98 Å². The minimum Gasteiger partial charge on any atom is -0.380 e. The summed E-state index contributed by atoms with van der Waals surface area (Å²) in [5, 5.41) is 7.15. The first kappa shape index (κ1) is 9.61. The van der Waals surface area contributed by atoms with Gasteiger partial charge >= 0.3 is 0 Å². The Hall–Kier alpha value is -0.940. The van der Waals surface area contributed by atoms with Gasteiger partial charge in [0.05, 0.1) is 6.61 Å². The second-order valence-electron chi connectivity index (χ2n) is 3.47. The number of nitrogens with one attached hydrogen (secondary N) is 1. The van der Waals surface area contributed by atoms with Crippen molar-refractivity contribution in [1.29, 1.82) is 0 Å². The third-order valence-corrected chi connectivity index (χ3v) is 2.35. The second-order valence-corrected chi connectivity index (χ2v) is 3.47. The van der Waals surface area contributed by atoms with Gasteiger partial charge in [-0.05, 0) is 12.8 Å². The molecule has 1 N–H and O–H groups in total. The molecule has 1 saturated heterocycles. The van der Waals surface area contributed by atoms with Crippen LogP contribution >= 0.6 is 0 Å². The van der Waals surface area contributed by atoms with Crippen LogP contribution in [0.2, 0.25) is 0 Å². The summed E-state index contributed by atoms with van der Waals surface area (Å²) in [6, 6.07) is 0.496. The molecule has 1 fully saturated rings. The standard InChI is InChI=1S/C9H15N3O2/c1-2-8(6-13-5-1)10-4-3-9-11-7-14-12-9/h7-8,10H,1-6H2. The van der Waals surface area contributed by atoms with Crippen molar-refractivity contribution in [3.05, 3.63) is 12.2 Å². The first-order chi connectivity index (χ1) is 6.95. The van der Waals surface area contributed by atoms with E-state index < -0.39 is 0 Å². The van der Waals surface area contributed by atoms with Gasteiger partial charge in [0.1, 0.15) is 0 Å². The van der Waals surface area contributed by atoms with Crippen LogP contribution in [-0.2, 0) is 11.2 Å². The first-order valence-electron chi connectivity index (χ1n) is 5.01. The number of nitrogens with zero attached hydrogens (tertiary/aromatic N) is 2. The fourth-order valence-corrected chi connectivity index (χ4v) is 1.59. The van der Waals surface area contributed by atoms with E-state index >= 15 is 0 Å². The van der Waals surface area contributed by atoms with Gasteiger partial charge in [0.25, 0.3) is 0 Å². The van der Waals surface area contributed by atoms with E-state index in [1.165, 1.54) is 12.8 Å². The predicted molar refractivity (Wildman–Crippen MR) is 49.8 cm³/mol. The van der Waals surface area contributed by atoms with E-state index in [2.05, 4.69) is 20.0 Å². The molecule has 1 aliphatic heterocycles. The Morgan fingerprint density at radius 3 is 3.29 bits per heavy atom. The highest BCUT2D eigenvalue weighted by Crippen LogP contribution is 2.05. The Balaban J connectivity index is 1.62. The zero-order valence-corrected chi connectivity index (χ0v) is 8.11. The van der Waals surface area contributed by atoms with E-state index in [-0.39, 0.29) is 0 Å².